The summed E-state index contributed by atoms with van der Waals surface area (Å²) in [5.74, 6) is -0.135. The molecule has 3 rings (SSSR count). The number of carbonyl (C=O) groups is 1. The van der Waals surface area contributed by atoms with Crippen LogP contribution in [0.4, 0.5) is 0 Å². The number of carboxylic acids is 1. The first-order chi connectivity index (χ1) is 11.5. The largest absolute Gasteiger partial charge is 0.490 e. The van der Waals surface area contributed by atoms with Gasteiger partial charge >= 0.3 is 5.97 Å². The van der Waals surface area contributed by atoms with E-state index in [1.54, 1.807) is 12.1 Å². The Morgan fingerprint density at radius 3 is 2.58 bits per heavy atom. The van der Waals surface area contributed by atoms with Crippen molar-refractivity contribution in [2.45, 2.75) is 20.0 Å². The van der Waals surface area contributed by atoms with E-state index in [-0.39, 0.29) is 22.7 Å². The van der Waals surface area contributed by atoms with Gasteiger partial charge in [-0.25, -0.2) is 4.79 Å². The molecule has 0 aliphatic rings. The van der Waals surface area contributed by atoms with Gasteiger partial charge in [-0.05, 0) is 44.2 Å². The van der Waals surface area contributed by atoms with Crippen molar-refractivity contribution in [2.75, 3.05) is 0 Å². The summed E-state index contributed by atoms with van der Waals surface area (Å²) in [7, 11) is 0. The van der Waals surface area contributed by atoms with Gasteiger partial charge in [-0.1, -0.05) is 12.1 Å². The summed E-state index contributed by atoms with van der Waals surface area (Å²) in [5, 5.41) is 9.44. The summed E-state index contributed by atoms with van der Waals surface area (Å²) in [5.41, 5.74) is 0.708. The fraction of sp³-hybridized carbons (Fsp3) is 0.158. The van der Waals surface area contributed by atoms with Gasteiger partial charge in [0.05, 0.1) is 22.6 Å². The highest BCUT2D eigenvalue weighted by Crippen LogP contribution is 2.31. The van der Waals surface area contributed by atoms with Crippen molar-refractivity contribution in [1.29, 1.82) is 0 Å². The molecule has 122 valence electrons. The highest BCUT2D eigenvalue weighted by atomic mass is 16.5. The normalized spacial score (nSPS) is 11.0. The van der Waals surface area contributed by atoms with Gasteiger partial charge in [0.1, 0.15) is 17.1 Å². The molecule has 1 N–H and O–H groups in total. The van der Waals surface area contributed by atoms with Crippen molar-refractivity contribution in [1.82, 2.24) is 0 Å². The Morgan fingerprint density at radius 1 is 1.12 bits per heavy atom. The molecule has 0 saturated heterocycles. The molecule has 2 aromatic carbocycles. The summed E-state index contributed by atoms with van der Waals surface area (Å²) in [4.78, 5) is 23.5. The molecule has 5 nitrogen and oxygen atoms in total. The van der Waals surface area contributed by atoms with Gasteiger partial charge < -0.3 is 14.3 Å². The SMILES string of the molecule is CC(C)Oc1ccccc1-c1cc(=O)c2ccc(C(=O)O)cc2o1. The van der Waals surface area contributed by atoms with E-state index in [9.17, 15) is 9.59 Å². The molecule has 0 amide bonds. The van der Waals surface area contributed by atoms with E-state index < -0.39 is 5.97 Å². The maximum absolute atomic E-state index is 12.3. The molecule has 1 heterocycles. The van der Waals surface area contributed by atoms with Crippen LogP contribution in [0.1, 0.15) is 24.2 Å². The minimum Gasteiger partial charge on any atom is -0.490 e. The van der Waals surface area contributed by atoms with Crippen LogP contribution in [0.25, 0.3) is 22.3 Å². The maximum atomic E-state index is 12.3. The zero-order valence-corrected chi connectivity index (χ0v) is 13.3. The molecule has 0 saturated carbocycles. The minimum atomic E-state index is -1.08. The molecule has 3 aromatic rings. The van der Waals surface area contributed by atoms with Gasteiger partial charge in [0, 0.05) is 6.07 Å². The van der Waals surface area contributed by atoms with E-state index in [2.05, 4.69) is 0 Å². The van der Waals surface area contributed by atoms with E-state index in [0.29, 0.717) is 22.5 Å². The molecule has 0 unspecified atom stereocenters. The number of hydrogen-bond donors (Lipinski definition) is 1. The Morgan fingerprint density at radius 2 is 1.88 bits per heavy atom. The molecule has 0 atom stereocenters. The van der Waals surface area contributed by atoms with E-state index in [4.69, 9.17) is 14.3 Å². The van der Waals surface area contributed by atoms with E-state index >= 15 is 0 Å². The molecule has 0 bridgehead atoms. The standard InChI is InChI=1S/C19H16O5/c1-11(2)23-16-6-4-3-5-14(16)18-10-15(20)13-8-7-12(19(21)22)9-17(13)24-18/h3-11H,1-2H3,(H,21,22). The lowest BCUT2D eigenvalue weighted by Gasteiger charge is -2.13. The molecule has 0 radical (unpaired) electrons. The predicted molar refractivity (Wildman–Crippen MR) is 90.6 cm³/mol. The van der Waals surface area contributed by atoms with Gasteiger partial charge in [0.15, 0.2) is 5.43 Å². The summed E-state index contributed by atoms with van der Waals surface area (Å²) in [6.07, 6.45) is -0.0306. The van der Waals surface area contributed by atoms with Crippen molar-refractivity contribution in [3.05, 3.63) is 64.3 Å². The topological polar surface area (TPSA) is 76.7 Å². The molecular weight excluding hydrogens is 308 g/mol. The fourth-order valence-electron chi connectivity index (χ4n) is 2.45. The van der Waals surface area contributed by atoms with Gasteiger partial charge in [-0.15, -0.1) is 0 Å². The number of fused-ring (bicyclic) bond motifs is 1. The van der Waals surface area contributed by atoms with Crippen molar-refractivity contribution in [2.24, 2.45) is 0 Å². The Bertz CT molecular complexity index is 969. The summed E-state index contributed by atoms with van der Waals surface area (Å²) in [6, 6.07) is 12.8. The lowest BCUT2D eigenvalue weighted by molar-refractivity contribution is 0.0697. The summed E-state index contributed by atoms with van der Waals surface area (Å²) >= 11 is 0. The molecule has 5 heteroatoms. The zero-order valence-electron chi connectivity index (χ0n) is 13.3. The monoisotopic (exact) mass is 324 g/mol. The van der Waals surface area contributed by atoms with Crippen molar-refractivity contribution in [3.63, 3.8) is 0 Å². The van der Waals surface area contributed by atoms with Crippen LogP contribution in [0.5, 0.6) is 5.75 Å². The third-order valence-corrected chi connectivity index (χ3v) is 3.49. The third kappa shape index (κ3) is 3.01. The van der Waals surface area contributed by atoms with Gasteiger partial charge in [0.25, 0.3) is 0 Å². The molecule has 24 heavy (non-hydrogen) atoms. The number of aromatic carboxylic acids is 1. The Hall–Kier alpha value is -3.08. The first kappa shape index (κ1) is 15.8. The average molecular weight is 324 g/mol. The molecule has 1 aromatic heterocycles. The first-order valence-corrected chi connectivity index (χ1v) is 7.53. The number of carboxylic acid groups (broad SMARTS) is 1. The molecule has 0 spiro atoms. The van der Waals surface area contributed by atoms with Crippen LogP contribution in [0.3, 0.4) is 0 Å². The van der Waals surface area contributed by atoms with Gasteiger partial charge in [0.2, 0.25) is 0 Å². The van der Waals surface area contributed by atoms with Crippen molar-refractivity contribution in [3.8, 4) is 17.1 Å². The Balaban J connectivity index is 2.21. The highest BCUT2D eigenvalue weighted by molar-refractivity contribution is 5.92. The smallest absolute Gasteiger partial charge is 0.335 e. The van der Waals surface area contributed by atoms with Crippen LogP contribution < -0.4 is 10.2 Å². The number of benzene rings is 2. The number of rotatable bonds is 4. The zero-order chi connectivity index (χ0) is 17.3. The van der Waals surface area contributed by atoms with Crippen LogP contribution in [0.15, 0.2) is 57.7 Å². The number of ether oxygens (including phenoxy) is 1. The van der Waals surface area contributed by atoms with E-state index in [0.717, 1.165) is 0 Å². The number of para-hydroxylation sites is 1. The Kier molecular flexibility index (Phi) is 4.08. The van der Waals surface area contributed by atoms with Crippen LogP contribution >= 0.6 is 0 Å². The van der Waals surface area contributed by atoms with E-state index in [1.165, 1.54) is 24.3 Å². The lowest BCUT2D eigenvalue weighted by Crippen LogP contribution is -2.07. The number of hydrogen-bond acceptors (Lipinski definition) is 4. The second-order valence-electron chi connectivity index (χ2n) is 5.65. The van der Waals surface area contributed by atoms with Crippen LogP contribution in [-0.2, 0) is 0 Å². The van der Waals surface area contributed by atoms with Gasteiger partial charge in [-0.3, -0.25) is 4.79 Å². The third-order valence-electron chi connectivity index (χ3n) is 3.49. The minimum absolute atomic E-state index is 0.0306. The van der Waals surface area contributed by atoms with Crippen molar-refractivity contribution >= 4 is 16.9 Å². The summed E-state index contributed by atoms with van der Waals surface area (Å²) in [6.45, 7) is 3.82. The predicted octanol–water partition coefficient (Wildman–Crippen LogP) is 3.95. The van der Waals surface area contributed by atoms with Crippen LogP contribution in [-0.4, -0.2) is 17.2 Å². The van der Waals surface area contributed by atoms with E-state index in [1.807, 2.05) is 26.0 Å². The molecule has 0 fully saturated rings. The lowest BCUT2D eigenvalue weighted by atomic mass is 10.1. The highest BCUT2D eigenvalue weighted by Gasteiger charge is 2.14. The fourth-order valence-corrected chi connectivity index (χ4v) is 2.45. The van der Waals surface area contributed by atoms with Crippen LogP contribution in [0, 0.1) is 0 Å². The molecule has 0 aliphatic carbocycles. The summed E-state index contributed by atoms with van der Waals surface area (Å²) < 4.78 is 11.6. The maximum Gasteiger partial charge on any atom is 0.335 e. The second-order valence-corrected chi connectivity index (χ2v) is 5.65. The van der Waals surface area contributed by atoms with Crippen molar-refractivity contribution < 1.29 is 19.1 Å². The second kappa shape index (κ2) is 6.20. The van der Waals surface area contributed by atoms with Crippen LogP contribution in [0.2, 0.25) is 0 Å². The van der Waals surface area contributed by atoms with Gasteiger partial charge in [-0.2, -0.15) is 0 Å². The Labute approximate surface area is 138 Å². The quantitative estimate of drug-likeness (QED) is 0.786. The molecule has 0 aliphatic heterocycles. The molecular formula is C19H16O5. The first-order valence-electron chi connectivity index (χ1n) is 7.53. The average Bonchev–Trinajstić information content (AvgIpc) is 2.54.